The number of rotatable bonds is 6. The lowest BCUT2D eigenvalue weighted by molar-refractivity contribution is 0.483. The van der Waals surface area contributed by atoms with Crippen molar-refractivity contribution in [1.82, 2.24) is 5.32 Å². The van der Waals surface area contributed by atoms with E-state index in [1.165, 1.54) is 23.3 Å². The smallest absolute Gasteiger partial charge is 0.294 e. The Morgan fingerprint density at radius 2 is 1.76 bits per heavy atom. The molecule has 7 heteroatoms. The lowest BCUT2D eigenvalue weighted by Gasteiger charge is -2.01. The van der Waals surface area contributed by atoms with Gasteiger partial charge in [0.05, 0.1) is 4.90 Å². The molecule has 1 aromatic rings. The first-order valence-corrected chi connectivity index (χ1v) is 9.73. The standard InChI is InChI=1S/C11H20N2S.C7H8O3S/c1-9(2)5-4-6-10(3)7-8-13-11(12)14;1-6-2-4-7(5-3-6)11(8,9)10/h5,7H,4,6,8H2,1-3H3,(H3,12,13,14);2-5H,1H3,(H,8,9,10). The van der Waals surface area contributed by atoms with E-state index in [0.29, 0.717) is 5.11 Å². The van der Waals surface area contributed by atoms with Crippen LogP contribution in [-0.4, -0.2) is 24.6 Å². The van der Waals surface area contributed by atoms with E-state index in [9.17, 15) is 8.42 Å². The highest BCUT2D eigenvalue weighted by Gasteiger charge is 2.06. The summed E-state index contributed by atoms with van der Waals surface area (Å²) in [6, 6.07) is 5.99. The molecule has 0 aromatic heterocycles. The summed E-state index contributed by atoms with van der Waals surface area (Å²) in [5.41, 5.74) is 9.00. The van der Waals surface area contributed by atoms with Crippen molar-refractivity contribution in [3.8, 4) is 0 Å². The summed E-state index contributed by atoms with van der Waals surface area (Å²) in [6.07, 6.45) is 6.58. The minimum absolute atomic E-state index is 0.0666. The molecule has 5 nitrogen and oxygen atoms in total. The van der Waals surface area contributed by atoms with Crippen LogP contribution in [0.25, 0.3) is 0 Å². The van der Waals surface area contributed by atoms with Crippen molar-refractivity contribution >= 4 is 27.4 Å². The number of nitrogens with one attached hydrogen (secondary N) is 1. The molecule has 0 atom stereocenters. The number of hydrogen-bond acceptors (Lipinski definition) is 3. The van der Waals surface area contributed by atoms with Crippen molar-refractivity contribution < 1.29 is 13.0 Å². The number of allylic oxidation sites excluding steroid dienone is 3. The first-order chi connectivity index (χ1) is 11.5. The molecule has 0 bridgehead atoms. The summed E-state index contributed by atoms with van der Waals surface area (Å²) in [6.45, 7) is 8.94. The molecule has 0 aliphatic rings. The average Bonchev–Trinajstić information content (AvgIpc) is 2.46. The maximum Gasteiger partial charge on any atom is 0.294 e. The van der Waals surface area contributed by atoms with Crippen LogP contribution in [0.4, 0.5) is 0 Å². The number of hydrogen-bond donors (Lipinski definition) is 3. The fourth-order valence-corrected chi connectivity index (χ4v) is 2.29. The lowest BCUT2D eigenvalue weighted by atomic mass is 10.1. The number of thiocarbonyl (C=S) groups is 1. The molecule has 0 saturated heterocycles. The van der Waals surface area contributed by atoms with Crippen LogP contribution >= 0.6 is 12.2 Å². The molecule has 1 aromatic carbocycles. The van der Waals surface area contributed by atoms with Gasteiger partial charge in [-0.15, -0.1) is 0 Å². The highest BCUT2D eigenvalue weighted by Crippen LogP contribution is 2.08. The predicted octanol–water partition coefficient (Wildman–Crippen LogP) is 3.75. The van der Waals surface area contributed by atoms with Crippen molar-refractivity contribution in [2.24, 2.45) is 5.73 Å². The van der Waals surface area contributed by atoms with Gasteiger partial charge in [-0.05, 0) is 64.9 Å². The minimum Gasteiger partial charge on any atom is -0.376 e. The topological polar surface area (TPSA) is 92.4 Å². The quantitative estimate of drug-likeness (QED) is 0.393. The lowest BCUT2D eigenvalue weighted by Crippen LogP contribution is -2.28. The fourth-order valence-electron chi connectivity index (χ4n) is 1.73. The van der Waals surface area contributed by atoms with E-state index in [4.69, 9.17) is 22.5 Å². The summed E-state index contributed by atoms with van der Waals surface area (Å²) in [5.74, 6) is 0. The van der Waals surface area contributed by atoms with Crippen molar-refractivity contribution in [3.63, 3.8) is 0 Å². The van der Waals surface area contributed by atoms with E-state index < -0.39 is 10.1 Å². The van der Waals surface area contributed by atoms with Crippen LogP contribution in [-0.2, 0) is 10.1 Å². The van der Waals surface area contributed by atoms with Crippen molar-refractivity contribution in [1.29, 1.82) is 0 Å². The van der Waals surface area contributed by atoms with Crippen molar-refractivity contribution in [2.45, 2.75) is 45.4 Å². The highest BCUT2D eigenvalue weighted by atomic mass is 32.2. The Kier molecular flexibility index (Phi) is 11.0. The van der Waals surface area contributed by atoms with Crippen LogP contribution in [0.5, 0.6) is 0 Å². The zero-order valence-electron chi connectivity index (χ0n) is 15.2. The van der Waals surface area contributed by atoms with Crippen LogP contribution < -0.4 is 11.1 Å². The molecular weight excluding hydrogens is 356 g/mol. The summed E-state index contributed by atoms with van der Waals surface area (Å²) < 4.78 is 29.6. The second-order valence-corrected chi connectivity index (χ2v) is 7.77. The monoisotopic (exact) mass is 384 g/mol. The van der Waals surface area contributed by atoms with Gasteiger partial charge >= 0.3 is 0 Å². The zero-order valence-corrected chi connectivity index (χ0v) is 16.9. The molecule has 0 aliphatic heterocycles. The fraction of sp³-hybridized carbons (Fsp3) is 0.389. The van der Waals surface area contributed by atoms with Crippen LogP contribution in [0.1, 0.15) is 39.2 Å². The Morgan fingerprint density at radius 1 is 1.20 bits per heavy atom. The first-order valence-electron chi connectivity index (χ1n) is 7.89. The summed E-state index contributed by atoms with van der Waals surface area (Å²) in [5, 5.41) is 3.25. The van der Waals surface area contributed by atoms with E-state index in [-0.39, 0.29) is 4.90 Å². The van der Waals surface area contributed by atoms with Gasteiger partial charge in [0.2, 0.25) is 0 Å². The molecule has 0 fully saturated rings. The number of aryl methyl sites for hydroxylation is 1. The third kappa shape index (κ3) is 13.3. The molecule has 1 rings (SSSR count). The third-order valence-corrected chi connectivity index (χ3v) is 4.15. The SMILES string of the molecule is CC(C)=CCCC(C)=CCNC(N)=S.Cc1ccc(S(=O)(=O)O)cc1. The van der Waals surface area contributed by atoms with Crippen molar-refractivity contribution in [3.05, 3.63) is 53.1 Å². The Morgan fingerprint density at radius 3 is 2.20 bits per heavy atom. The van der Waals surface area contributed by atoms with Gasteiger partial charge < -0.3 is 11.1 Å². The van der Waals surface area contributed by atoms with Gasteiger partial charge in [-0.2, -0.15) is 8.42 Å². The van der Waals surface area contributed by atoms with E-state index in [1.807, 2.05) is 6.92 Å². The van der Waals surface area contributed by atoms with Gasteiger partial charge in [0.25, 0.3) is 10.1 Å². The first kappa shape index (κ1) is 23.3. The summed E-state index contributed by atoms with van der Waals surface area (Å²) >= 11 is 4.70. The molecule has 140 valence electrons. The molecule has 25 heavy (non-hydrogen) atoms. The molecule has 0 amide bonds. The molecular formula is C18H28N2O3S2. The van der Waals surface area contributed by atoms with Gasteiger partial charge in [-0.1, -0.05) is 41.0 Å². The Balaban J connectivity index is 0.000000472. The number of benzene rings is 1. The second kappa shape index (κ2) is 11.8. The summed E-state index contributed by atoms with van der Waals surface area (Å²) in [4.78, 5) is -0.0666. The van der Waals surface area contributed by atoms with Gasteiger partial charge in [0.15, 0.2) is 5.11 Å². The number of nitrogens with two attached hydrogens (primary N) is 1. The highest BCUT2D eigenvalue weighted by molar-refractivity contribution is 7.85. The van der Waals surface area contributed by atoms with Gasteiger partial charge in [0.1, 0.15) is 0 Å². The predicted molar refractivity (Wildman–Crippen MR) is 108 cm³/mol. The van der Waals surface area contributed by atoms with Crippen LogP contribution in [0.3, 0.4) is 0 Å². The second-order valence-electron chi connectivity index (χ2n) is 5.90. The normalized spacial score (nSPS) is 11.2. The Bertz CT molecular complexity index is 702. The third-order valence-electron chi connectivity index (χ3n) is 3.14. The van der Waals surface area contributed by atoms with E-state index in [0.717, 1.165) is 24.9 Å². The van der Waals surface area contributed by atoms with Crippen LogP contribution in [0.2, 0.25) is 0 Å². The average molecular weight is 385 g/mol. The molecule has 4 N–H and O–H groups in total. The van der Waals surface area contributed by atoms with E-state index >= 15 is 0 Å². The van der Waals surface area contributed by atoms with E-state index in [1.54, 1.807) is 12.1 Å². The van der Waals surface area contributed by atoms with Gasteiger partial charge in [0, 0.05) is 6.54 Å². The maximum atomic E-state index is 10.5. The Hall–Kier alpha value is -1.70. The van der Waals surface area contributed by atoms with E-state index in [2.05, 4.69) is 38.2 Å². The summed E-state index contributed by atoms with van der Waals surface area (Å²) in [7, 11) is -4.02. The zero-order chi connectivity index (χ0) is 19.5. The van der Waals surface area contributed by atoms with Gasteiger partial charge in [-0.3, -0.25) is 4.55 Å². The molecule has 0 aliphatic carbocycles. The van der Waals surface area contributed by atoms with Gasteiger partial charge in [-0.25, -0.2) is 0 Å². The molecule has 0 radical (unpaired) electrons. The molecule has 0 spiro atoms. The van der Waals surface area contributed by atoms with Crippen molar-refractivity contribution in [2.75, 3.05) is 6.54 Å². The minimum atomic E-state index is -4.02. The molecule has 0 saturated carbocycles. The molecule has 0 heterocycles. The largest absolute Gasteiger partial charge is 0.376 e. The Labute approximate surface area is 156 Å². The van der Waals surface area contributed by atoms with Crippen LogP contribution in [0.15, 0.2) is 52.5 Å². The van der Waals surface area contributed by atoms with Crippen LogP contribution in [0, 0.1) is 6.92 Å². The molecule has 0 unspecified atom stereocenters. The maximum absolute atomic E-state index is 10.5.